The maximum Gasteiger partial charge on any atom is 0.271 e. The quantitative estimate of drug-likeness (QED) is 0.669. The Kier molecular flexibility index (Phi) is 4.45. The van der Waals surface area contributed by atoms with Gasteiger partial charge < -0.3 is 5.32 Å². The lowest BCUT2D eigenvalue weighted by Gasteiger charge is -2.09. The molecule has 0 unspecified atom stereocenters. The lowest BCUT2D eigenvalue weighted by Crippen LogP contribution is -2.13. The van der Waals surface area contributed by atoms with Crippen LogP contribution in [0.1, 0.15) is 15.9 Å². The number of hydrogen-bond donors (Lipinski definition) is 1. The van der Waals surface area contributed by atoms with Crippen molar-refractivity contribution < 1.29 is 9.72 Å². The number of carbonyl (C=O) groups excluding carboxylic acids is 1. The standard InChI is InChI=1S/C14H10Cl2N2O3/c1-8-2-3-9(15)6-11(8)14(19)17-13-5-4-10(18(20)21)7-12(13)16/h2-7H,1H3,(H,17,19). The maximum atomic E-state index is 12.2. The Balaban J connectivity index is 2.27. The Hall–Kier alpha value is -2.11. The van der Waals surface area contributed by atoms with E-state index in [2.05, 4.69) is 5.32 Å². The SMILES string of the molecule is Cc1ccc(Cl)cc1C(=O)Nc1ccc([N+](=O)[O-])cc1Cl. The number of carbonyl (C=O) groups is 1. The second-order valence-corrected chi connectivity index (χ2v) is 5.18. The van der Waals surface area contributed by atoms with Gasteiger partial charge in [0.1, 0.15) is 0 Å². The number of halogens is 2. The first kappa shape index (κ1) is 15.3. The molecule has 2 aromatic rings. The molecule has 1 amide bonds. The smallest absolute Gasteiger partial charge is 0.271 e. The molecule has 1 N–H and O–H groups in total. The molecule has 5 nitrogen and oxygen atoms in total. The summed E-state index contributed by atoms with van der Waals surface area (Å²) in [5, 5.41) is 13.8. The molecular weight excluding hydrogens is 315 g/mol. The van der Waals surface area contributed by atoms with Crippen LogP contribution < -0.4 is 5.32 Å². The summed E-state index contributed by atoms with van der Waals surface area (Å²) in [4.78, 5) is 22.3. The van der Waals surface area contributed by atoms with Crippen molar-refractivity contribution in [2.45, 2.75) is 6.92 Å². The van der Waals surface area contributed by atoms with Gasteiger partial charge in [-0.25, -0.2) is 0 Å². The van der Waals surface area contributed by atoms with Crippen molar-refractivity contribution in [1.29, 1.82) is 0 Å². The molecule has 0 saturated heterocycles. The van der Waals surface area contributed by atoms with E-state index in [1.807, 2.05) is 0 Å². The first-order chi connectivity index (χ1) is 9.88. The van der Waals surface area contributed by atoms with Gasteiger partial charge in [-0.15, -0.1) is 0 Å². The minimum atomic E-state index is -0.557. The molecule has 0 aliphatic heterocycles. The molecule has 108 valence electrons. The van der Waals surface area contributed by atoms with Gasteiger partial charge >= 0.3 is 0 Å². The average Bonchev–Trinajstić information content (AvgIpc) is 2.43. The van der Waals surface area contributed by atoms with Crippen LogP contribution in [0.3, 0.4) is 0 Å². The third-order valence-electron chi connectivity index (χ3n) is 2.86. The summed E-state index contributed by atoms with van der Waals surface area (Å²) in [6, 6.07) is 8.80. The molecule has 0 saturated carbocycles. The van der Waals surface area contributed by atoms with Crippen LogP contribution in [-0.2, 0) is 0 Å². The van der Waals surface area contributed by atoms with Gasteiger partial charge in [-0.3, -0.25) is 14.9 Å². The fourth-order valence-electron chi connectivity index (χ4n) is 1.75. The highest BCUT2D eigenvalue weighted by Crippen LogP contribution is 2.27. The van der Waals surface area contributed by atoms with E-state index < -0.39 is 4.92 Å². The number of anilines is 1. The van der Waals surface area contributed by atoms with Crippen LogP contribution in [0, 0.1) is 17.0 Å². The summed E-state index contributed by atoms with van der Waals surface area (Å²) in [5.41, 5.74) is 1.33. The maximum absolute atomic E-state index is 12.2. The molecule has 2 rings (SSSR count). The van der Waals surface area contributed by atoms with Crippen molar-refractivity contribution >= 4 is 40.5 Å². The molecule has 0 fully saturated rings. The van der Waals surface area contributed by atoms with E-state index in [-0.39, 0.29) is 16.6 Å². The summed E-state index contributed by atoms with van der Waals surface area (Å²) < 4.78 is 0. The third-order valence-corrected chi connectivity index (χ3v) is 3.40. The molecule has 2 aromatic carbocycles. The normalized spacial score (nSPS) is 10.2. The van der Waals surface area contributed by atoms with Crippen molar-refractivity contribution in [2.75, 3.05) is 5.32 Å². The molecule has 0 radical (unpaired) electrons. The van der Waals surface area contributed by atoms with Crippen molar-refractivity contribution in [3.05, 3.63) is 67.7 Å². The fraction of sp³-hybridized carbons (Fsp3) is 0.0714. The lowest BCUT2D eigenvalue weighted by molar-refractivity contribution is -0.384. The van der Waals surface area contributed by atoms with Crippen LogP contribution in [0.4, 0.5) is 11.4 Å². The molecule has 0 aliphatic carbocycles. The zero-order valence-electron chi connectivity index (χ0n) is 10.9. The average molecular weight is 325 g/mol. The van der Waals surface area contributed by atoms with E-state index in [9.17, 15) is 14.9 Å². The molecule has 0 aliphatic rings. The minimum Gasteiger partial charge on any atom is -0.321 e. The van der Waals surface area contributed by atoms with Gasteiger partial charge in [0.2, 0.25) is 0 Å². The molecule has 7 heteroatoms. The number of amides is 1. The largest absolute Gasteiger partial charge is 0.321 e. The predicted molar refractivity (Wildman–Crippen MR) is 82.2 cm³/mol. The van der Waals surface area contributed by atoms with E-state index in [1.165, 1.54) is 18.2 Å². The van der Waals surface area contributed by atoms with Gasteiger partial charge in [-0.2, -0.15) is 0 Å². The monoisotopic (exact) mass is 324 g/mol. The number of benzene rings is 2. The zero-order valence-corrected chi connectivity index (χ0v) is 12.4. The summed E-state index contributed by atoms with van der Waals surface area (Å²) in [6.45, 7) is 1.78. The van der Waals surface area contributed by atoms with Gasteiger partial charge in [-0.05, 0) is 30.7 Å². The first-order valence-corrected chi connectivity index (χ1v) is 6.65. The summed E-state index contributed by atoms with van der Waals surface area (Å²) >= 11 is 11.8. The van der Waals surface area contributed by atoms with Crippen LogP contribution in [0.2, 0.25) is 10.0 Å². The van der Waals surface area contributed by atoms with Crippen LogP contribution >= 0.6 is 23.2 Å². The van der Waals surface area contributed by atoms with Gasteiger partial charge in [0.05, 0.1) is 15.6 Å². The Morgan fingerprint density at radius 2 is 1.90 bits per heavy atom. The van der Waals surface area contributed by atoms with Crippen molar-refractivity contribution in [1.82, 2.24) is 0 Å². The number of hydrogen-bond acceptors (Lipinski definition) is 3. The predicted octanol–water partition coefficient (Wildman–Crippen LogP) is 4.46. The number of rotatable bonds is 3. The first-order valence-electron chi connectivity index (χ1n) is 5.90. The van der Waals surface area contributed by atoms with Crippen molar-refractivity contribution in [3.63, 3.8) is 0 Å². The number of nitro groups is 1. The van der Waals surface area contributed by atoms with Gasteiger partial charge in [0.15, 0.2) is 0 Å². The number of aryl methyl sites for hydroxylation is 1. The van der Waals surface area contributed by atoms with E-state index in [0.29, 0.717) is 16.3 Å². The number of non-ortho nitro benzene ring substituents is 1. The zero-order chi connectivity index (χ0) is 15.6. The molecule has 0 aromatic heterocycles. The molecule has 0 atom stereocenters. The van der Waals surface area contributed by atoms with Gasteiger partial charge in [0, 0.05) is 22.7 Å². The van der Waals surface area contributed by atoms with Crippen LogP contribution in [0.25, 0.3) is 0 Å². The van der Waals surface area contributed by atoms with Gasteiger partial charge in [0.25, 0.3) is 11.6 Å². The van der Waals surface area contributed by atoms with E-state index in [1.54, 1.807) is 25.1 Å². The lowest BCUT2D eigenvalue weighted by atomic mass is 10.1. The molecule has 0 heterocycles. The molecule has 0 bridgehead atoms. The fourth-order valence-corrected chi connectivity index (χ4v) is 2.14. The highest BCUT2D eigenvalue weighted by Gasteiger charge is 2.14. The highest BCUT2D eigenvalue weighted by atomic mass is 35.5. The van der Waals surface area contributed by atoms with Crippen molar-refractivity contribution in [2.24, 2.45) is 0 Å². The second kappa shape index (κ2) is 6.11. The summed E-state index contributed by atoms with van der Waals surface area (Å²) in [7, 11) is 0. The second-order valence-electron chi connectivity index (χ2n) is 4.33. The summed E-state index contributed by atoms with van der Waals surface area (Å²) in [5.74, 6) is -0.384. The van der Waals surface area contributed by atoms with Crippen LogP contribution in [0.15, 0.2) is 36.4 Å². The number of nitro benzene ring substituents is 1. The summed E-state index contributed by atoms with van der Waals surface area (Å²) in [6.07, 6.45) is 0. The third kappa shape index (κ3) is 3.51. The van der Waals surface area contributed by atoms with Gasteiger partial charge in [-0.1, -0.05) is 29.3 Å². The Morgan fingerprint density at radius 3 is 2.52 bits per heavy atom. The Bertz CT molecular complexity index is 732. The minimum absolute atomic E-state index is 0.0947. The van der Waals surface area contributed by atoms with E-state index in [0.717, 1.165) is 5.56 Å². The number of nitrogens with one attached hydrogen (secondary N) is 1. The van der Waals surface area contributed by atoms with Crippen LogP contribution in [-0.4, -0.2) is 10.8 Å². The Labute approximate surface area is 130 Å². The highest BCUT2D eigenvalue weighted by molar-refractivity contribution is 6.34. The van der Waals surface area contributed by atoms with Crippen molar-refractivity contribution in [3.8, 4) is 0 Å². The molecule has 21 heavy (non-hydrogen) atoms. The molecular formula is C14H10Cl2N2O3. The van der Waals surface area contributed by atoms with E-state index in [4.69, 9.17) is 23.2 Å². The number of nitrogens with zero attached hydrogens (tertiary/aromatic N) is 1. The van der Waals surface area contributed by atoms with E-state index >= 15 is 0 Å². The topological polar surface area (TPSA) is 72.2 Å². The Morgan fingerprint density at radius 1 is 1.19 bits per heavy atom. The molecule has 0 spiro atoms. The van der Waals surface area contributed by atoms with Crippen LogP contribution in [0.5, 0.6) is 0 Å².